The largest absolute Gasteiger partial charge is 0.456 e. The van der Waals surface area contributed by atoms with Gasteiger partial charge >= 0.3 is 0 Å². The van der Waals surface area contributed by atoms with Crippen LogP contribution in [0.3, 0.4) is 0 Å². The molecule has 0 N–H and O–H groups in total. The highest BCUT2D eigenvalue weighted by Crippen LogP contribution is 2.41. The van der Waals surface area contributed by atoms with Gasteiger partial charge in [-0.05, 0) is 46.1 Å². The predicted octanol–water partition coefficient (Wildman–Crippen LogP) is 12.0. The molecule has 3 aromatic heterocycles. The zero-order valence-corrected chi connectivity index (χ0v) is 25.7. The van der Waals surface area contributed by atoms with Crippen molar-refractivity contribution in [1.29, 1.82) is 0 Å². The maximum atomic E-state index is 9.50. The summed E-state index contributed by atoms with van der Waals surface area (Å²) in [6, 6.07) is 27.5. The van der Waals surface area contributed by atoms with Gasteiger partial charge in [0.05, 0.1) is 12.3 Å². The summed E-state index contributed by atoms with van der Waals surface area (Å²) in [6.07, 6.45) is 0. The summed E-state index contributed by atoms with van der Waals surface area (Å²) in [5, 5.41) is 1.98. The van der Waals surface area contributed by atoms with Crippen LogP contribution < -0.4 is 0 Å². The Morgan fingerprint density at radius 1 is 0.521 bits per heavy atom. The normalized spacial score (nSPS) is 14.4. The number of aromatic nitrogens is 3. The van der Waals surface area contributed by atoms with Crippen molar-refractivity contribution in [2.24, 2.45) is 0 Å². The summed E-state index contributed by atoms with van der Waals surface area (Å²) in [6.45, 7) is 0. The van der Waals surface area contributed by atoms with E-state index in [1.54, 1.807) is 0 Å². The lowest BCUT2D eigenvalue weighted by Crippen LogP contribution is -2.00. The van der Waals surface area contributed by atoms with Crippen LogP contribution in [0.15, 0.2) is 156 Å². The number of benzene rings is 7. The van der Waals surface area contributed by atoms with E-state index in [4.69, 9.17) is 27.6 Å². The summed E-state index contributed by atoms with van der Waals surface area (Å²) in [5.41, 5.74) is 4.64. The zero-order chi connectivity index (χ0) is 39.4. The standard InChI is InChI=1S/C43H25N3OS/c1-3-10-26(11-4-1)31-16-9-17-36-39(31)35-23-20-29(24-37(35)47-36)42-44-41(28-13-5-2-6-14-28)45-43(46-42)30-19-21-33-34-22-18-27-12-7-8-15-32(27)40(34)48-38(33)25-30/h1-25H/i7D,8D,12D,15D,18D,19D,21D,22D,25D. The van der Waals surface area contributed by atoms with Crippen LogP contribution >= 0.6 is 11.3 Å². The molecule has 0 atom stereocenters. The summed E-state index contributed by atoms with van der Waals surface area (Å²) >= 11 is 0.988. The predicted molar refractivity (Wildman–Crippen MR) is 199 cm³/mol. The fourth-order valence-corrected chi connectivity index (χ4v) is 7.30. The van der Waals surface area contributed by atoms with Crippen LogP contribution in [0.2, 0.25) is 0 Å². The molecule has 0 fully saturated rings. The van der Waals surface area contributed by atoms with Gasteiger partial charge in [-0.2, -0.15) is 0 Å². The van der Waals surface area contributed by atoms with Crippen LogP contribution in [0, 0.1) is 0 Å². The minimum Gasteiger partial charge on any atom is -0.456 e. The van der Waals surface area contributed by atoms with E-state index in [9.17, 15) is 4.11 Å². The van der Waals surface area contributed by atoms with Crippen LogP contribution in [-0.2, 0) is 0 Å². The lowest BCUT2D eigenvalue weighted by atomic mass is 9.99. The van der Waals surface area contributed by atoms with Crippen LogP contribution in [0.25, 0.3) is 98.2 Å². The smallest absolute Gasteiger partial charge is 0.164 e. The van der Waals surface area contributed by atoms with E-state index in [1.165, 1.54) is 0 Å². The third-order valence-corrected chi connectivity index (χ3v) is 9.54. The molecular weight excluding hydrogens is 607 g/mol. The van der Waals surface area contributed by atoms with Gasteiger partial charge in [0.15, 0.2) is 17.5 Å². The van der Waals surface area contributed by atoms with Crippen molar-refractivity contribution < 1.29 is 16.8 Å². The van der Waals surface area contributed by atoms with Gasteiger partial charge in [0.25, 0.3) is 0 Å². The Labute approximate surface area is 292 Å². The first-order valence-corrected chi connectivity index (χ1v) is 16.0. The number of hydrogen-bond donors (Lipinski definition) is 0. The second kappa shape index (κ2) is 10.7. The molecule has 0 bridgehead atoms. The molecule has 0 aliphatic carbocycles. The maximum absolute atomic E-state index is 9.50. The molecule has 224 valence electrons. The molecule has 0 aliphatic heterocycles. The van der Waals surface area contributed by atoms with E-state index >= 15 is 0 Å². The summed E-state index contributed by atoms with van der Waals surface area (Å²) in [7, 11) is 0. The van der Waals surface area contributed by atoms with Gasteiger partial charge in [0.2, 0.25) is 0 Å². The Morgan fingerprint density at radius 2 is 1.25 bits per heavy atom. The van der Waals surface area contributed by atoms with Crippen molar-refractivity contribution in [2.45, 2.75) is 0 Å². The number of furan rings is 1. The van der Waals surface area contributed by atoms with E-state index in [2.05, 4.69) is 18.2 Å². The SMILES string of the molecule is [2H]c1c([2H])c([2H])c2c(c1[2H])c([2H])c([2H])c1c2sc2c([2H])c(-c3nc(-c4ccccc4)nc(-c4ccc5c(c4)oc4cccc(-c6ccccc6)c45)n3)c([2H])c([2H])c21. The second-order valence-electron chi connectivity index (χ2n) is 11.3. The van der Waals surface area contributed by atoms with Crippen LogP contribution in [0.5, 0.6) is 0 Å². The first-order valence-electron chi connectivity index (χ1n) is 19.7. The number of rotatable bonds is 4. The van der Waals surface area contributed by atoms with Crippen molar-refractivity contribution >= 4 is 64.2 Å². The first-order chi connectivity index (χ1) is 27.5. The average Bonchev–Trinajstić information content (AvgIpc) is 3.83. The molecule has 0 unspecified atom stereocenters. The highest BCUT2D eigenvalue weighted by atomic mass is 32.1. The van der Waals surface area contributed by atoms with E-state index < -0.39 is 24.2 Å². The molecule has 0 saturated carbocycles. The number of nitrogens with zero attached hydrogens (tertiary/aromatic N) is 3. The summed E-state index contributed by atoms with van der Waals surface area (Å²) < 4.78 is 86.3. The third-order valence-electron chi connectivity index (χ3n) is 8.42. The monoisotopic (exact) mass is 640 g/mol. The minimum atomic E-state index is -0.518. The Hall–Kier alpha value is -6.17. The van der Waals surface area contributed by atoms with E-state index in [0.29, 0.717) is 16.7 Å². The van der Waals surface area contributed by atoms with Gasteiger partial charge < -0.3 is 4.42 Å². The Morgan fingerprint density at radius 3 is 2.08 bits per heavy atom. The Bertz CT molecular complexity index is 3350. The number of fused-ring (bicyclic) bond motifs is 8. The van der Waals surface area contributed by atoms with E-state index in [-0.39, 0.29) is 84.2 Å². The van der Waals surface area contributed by atoms with Crippen molar-refractivity contribution in [3.05, 3.63) is 151 Å². The van der Waals surface area contributed by atoms with Crippen molar-refractivity contribution in [3.63, 3.8) is 0 Å². The molecule has 0 saturated heterocycles. The highest BCUT2D eigenvalue weighted by Gasteiger charge is 2.17. The fourth-order valence-electron chi connectivity index (χ4n) is 6.17. The fraction of sp³-hybridized carbons (Fsp3) is 0. The minimum absolute atomic E-state index is 0.0168. The molecule has 0 aliphatic rings. The molecule has 3 heterocycles. The van der Waals surface area contributed by atoms with Crippen LogP contribution in [0.4, 0.5) is 0 Å². The Balaban J connectivity index is 1.22. The second-order valence-corrected chi connectivity index (χ2v) is 12.3. The topological polar surface area (TPSA) is 51.8 Å². The van der Waals surface area contributed by atoms with Gasteiger partial charge in [0.1, 0.15) is 11.2 Å². The molecule has 0 spiro atoms. The maximum Gasteiger partial charge on any atom is 0.164 e. The molecular formula is C43H25N3OS. The quantitative estimate of drug-likeness (QED) is 0.192. The van der Waals surface area contributed by atoms with Crippen molar-refractivity contribution in [3.8, 4) is 45.3 Å². The van der Waals surface area contributed by atoms with Gasteiger partial charge in [0, 0.05) is 47.6 Å². The first kappa shape index (κ1) is 19.5. The third kappa shape index (κ3) is 4.33. The average molecular weight is 641 g/mol. The van der Waals surface area contributed by atoms with Crippen LogP contribution in [-0.4, -0.2) is 15.0 Å². The summed E-state index contributed by atoms with van der Waals surface area (Å²) in [5.74, 6) is 0.514. The van der Waals surface area contributed by atoms with Crippen molar-refractivity contribution in [2.75, 3.05) is 0 Å². The molecule has 0 amide bonds. The Kier molecular flexibility index (Phi) is 4.34. The number of hydrogen-bond acceptors (Lipinski definition) is 5. The molecule has 10 aromatic rings. The molecule has 7 aromatic carbocycles. The van der Waals surface area contributed by atoms with Gasteiger partial charge in [-0.25, -0.2) is 15.0 Å². The van der Waals surface area contributed by atoms with Crippen molar-refractivity contribution in [1.82, 2.24) is 15.0 Å². The molecule has 48 heavy (non-hydrogen) atoms. The van der Waals surface area contributed by atoms with Gasteiger partial charge in [-0.3, -0.25) is 0 Å². The van der Waals surface area contributed by atoms with E-state index in [0.717, 1.165) is 38.8 Å². The van der Waals surface area contributed by atoms with E-state index in [1.807, 2.05) is 78.9 Å². The molecule has 4 nitrogen and oxygen atoms in total. The van der Waals surface area contributed by atoms with Gasteiger partial charge in [-0.15, -0.1) is 11.3 Å². The highest BCUT2D eigenvalue weighted by molar-refractivity contribution is 7.26. The zero-order valence-electron chi connectivity index (χ0n) is 33.9. The lowest BCUT2D eigenvalue weighted by Gasteiger charge is -2.09. The molecule has 5 heteroatoms. The van der Waals surface area contributed by atoms with Crippen LogP contribution in [0.1, 0.15) is 12.3 Å². The number of thiophene rings is 1. The molecule has 0 radical (unpaired) electrons. The molecule has 10 rings (SSSR count). The lowest BCUT2D eigenvalue weighted by molar-refractivity contribution is 0.669. The van der Waals surface area contributed by atoms with Gasteiger partial charge in [-0.1, -0.05) is 127 Å². The summed E-state index contributed by atoms with van der Waals surface area (Å²) in [4.78, 5) is 14.4.